The summed E-state index contributed by atoms with van der Waals surface area (Å²) in [7, 11) is 0. The van der Waals surface area contributed by atoms with Crippen molar-refractivity contribution in [2.24, 2.45) is 11.8 Å². The number of hydrogen-bond acceptors (Lipinski definition) is 5. The van der Waals surface area contributed by atoms with E-state index in [9.17, 15) is 10.1 Å². The highest BCUT2D eigenvalue weighted by Crippen LogP contribution is 2.42. The molecule has 2 unspecified atom stereocenters. The molecule has 2 aliphatic heterocycles. The fourth-order valence-corrected chi connectivity index (χ4v) is 3.68. The second-order valence-corrected chi connectivity index (χ2v) is 6.38. The van der Waals surface area contributed by atoms with Crippen LogP contribution in [0.1, 0.15) is 19.4 Å². The summed E-state index contributed by atoms with van der Waals surface area (Å²) < 4.78 is 0. The van der Waals surface area contributed by atoms with Crippen LogP contribution in [0.2, 0.25) is 0 Å². The first kappa shape index (κ1) is 13.3. The first-order chi connectivity index (χ1) is 9.41. The molecule has 6 nitrogen and oxygen atoms in total. The van der Waals surface area contributed by atoms with Crippen molar-refractivity contribution in [3.8, 4) is 0 Å². The van der Waals surface area contributed by atoms with Gasteiger partial charge in [-0.3, -0.25) is 10.1 Å². The van der Waals surface area contributed by atoms with Gasteiger partial charge in [0.05, 0.1) is 4.92 Å². The van der Waals surface area contributed by atoms with E-state index >= 15 is 0 Å². The lowest BCUT2D eigenvalue weighted by Gasteiger charge is -2.36. The van der Waals surface area contributed by atoms with Crippen molar-refractivity contribution in [3.63, 3.8) is 0 Å². The van der Waals surface area contributed by atoms with Crippen LogP contribution in [-0.4, -0.2) is 35.1 Å². The van der Waals surface area contributed by atoms with E-state index in [1.807, 2.05) is 6.07 Å². The second kappa shape index (κ2) is 4.41. The van der Waals surface area contributed by atoms with Crippen LogP contribution < -0.4 is 10.2 Å². The van der Waals surface area contributed by atoms with Crippen LogP contribution in [-0.2, 0) is 0 Å². The fraction of sp³-hybridized carbons (Fsp3) is 0.643. The van der Waals surface area contributed by atoms with Crippen molar-refractivity contribution in [3.05, 3.63) is 27.9 Å². The number of nitro groups is 1. The quantitative estimate of drug-likeness (QED) is 0.658. The van der Waals surface area contributed by atoms with Crippen LogP contribution in [0.15, 0.2) is 12.3 Å². The molecule has 2 saturated heterocycles. The SMILES string of the molecule is Cc1cc(N2CC3CNCC3C2(C)C)ncc1[N+](=O)[O-]. The fourth-order valence-electron chi connectivity index (χ4n) is 3.68. The zero-order chi connectivity index (χ0) is 14.5. The number of anilines is 1. The van der Waals surface area contributed by atoms with E-state index in [0.717, 1.165) is 25.5 Å². The molecule has 0 radical (unpaired) electrons. The van der Waals surface area contributed by atoms with Gasteiger partial charge in [0, 0.05) is 30.7 Å². The van der Waals surface area contributed by atoms with Crippen LogP contribution in [0.3, 0.4) is 0 Å². The van der Waals surface area contributed by atoms with Crippen molar-refractivity contribution < 1.29 is 4.92 Å². The molecule has 6 heteroatoms. The molecule has 0 aromatic carbocycles. The summed E-state index contributed by atoms with van der Waals surface area (Å²) in [5.74, 6) is 2.11. The molecular formula is C14H20N4O2. The minimum atomic E-state index is -0.375. The standard InChI is InChI=1S/C14H20N4O2/c1-9-4-13(16-7-12(9)18(19)20)17-8-10-5-15-6-11(10)14(17,2)3/h4,7,10-11,15H,5-6,8H2,1-3H3. The third-order valence-electron chi connectivity index (χ3n) is 4.90. The Kier molecular flexibility index (Phi) is 2.93. The molecule has 1 aromatic heterocycles. The minimum Gasteiger partial charge on any atom is -0.351 e. The van der Waals surface area contributed by atoms with Gasteiger partial charge < -0.3 is 10.2 Å². The van der Waals surface area contributed by atoms with Gasteiger partial charge in [-0.2, -0.15) is 0 Å². The Morgan fingerprint density at radius 1 is 1.50 bits per heavy atom. The highest BCUT2D eigenvalue weighted by atomic mass is 16.6. The molecule has 2 fully saturated rings. The van der Waals surface area contributed by atoms with Crippen molar-refractivity contribution >= 4 is 11.5 Å². The van der Waals surface area contributed by atoms with Crippen LogP contribution >= 0.6 is 0 Å². The Morgan fingerprint density at radius 2 is 2.25 bits per heavy atom. The number of aryl methyl sites for hydroxylation is 1. The van der Waals surface area contributed by atoms with E-state index in [2.05, 4.69) is 29.0 Å². The number of nitrogens with zero attached hydrogens (tertiary/aromatic N) is 3. The van der Waals surface area contributed by atoms with Gasteiger partial charge in [-0.05, 0) is 38.7 Å². The summed E-state index contributed by atoms with van der Waals surface area (Å²) >= 11 is 0. The number of fused-ring (bicyclic) bond motifs is 1. The van der Waals surface area contributed by atoms with Gasteiger partial charge in [0.15, 0.2) is 0 Å². The Hall–Kier alpha value is -1.69. The van der Waals surface area contributed by atoms with Crippen LogP contribution in [0.4, 0.5) is 11.5 Å². The van der Waals surface area contributed by atoms with Crippen molar-refractivity contribution in [2.75, 3.05) is 24.5 Å². The maximum absolute atomic E-state index is 10.9. The first-order valence-corrected chi connectivity index (χ1v) is 7.00. The van der Waals surface area contributed by atoms with Gasteiger partial charge in [0.1, 0.15) is 12.0 Å². The molecule has 0 amide bonds. The summed E-state index contributed by atoms with van der Waals surface area (Å²) in [6, 6.07) is 1.84. The average Bonchev–Trinajstić information content (AvgIpc) is 2.91. The summed E-state index contributed by atoms with van der Waals surface area (Å²) in [4.78, 5) is 17.1. The van der Waals surface area contributed by atoms with Crippen molar-refractivity contribution in [1.29, 1.82) is 0 Å². The van der Waals surface area contributed by atoms with Gasteiger partial charge in [-0.15, -0.1) is 0 Å². The van der Waals surface area contributed by atoms with Crippen LogP contribution in [0, 0.1) is 28.9 Å². The zero-order valence-electron chi connectivity index (χ0n) is 12.1. The molecule has 0 bridgehead atoms. The molecule has 3 heterocycles. The van der Waals surface area contributed by atoms with Gasteiger partial charge >= 0.3 is 0 Å². The lowest BCUT2D eigenvalue weighted by Crippen LogP contribution is -2.45. The summed E-state index contributed by atoms with van der Waals surface area (Å²) in [5.41, 5.74) is 0.794. The van der Waals surface area contributed by atoms with Crippen molar-refractivity contribution in [2.45, 2.75) is 26.3 Å². The van der Waals surface area contributed by atoms with Gasteiger partial charge in [-0.1, -0.05) is 0 Å². The third kappa shape index (κ3) is 1.86. The summed E-state index contributed by atoms with van der Waals surface area (Å²) in [6.45, 7) is 9.31. The predicted molar refractivity (Wildman–Crippen MR) is 76.9 cm³/mol. The van der Waals surface area contributed by atoms with Gasteiger partial charge in [-0.25, -0.2) is 4.98 Å². The average molecular weight is 276 g/mol. The monoisotopic (exact) mass is 276 g/mol. The van der Waals surface area contributed by atoms with E-state index in [1.165, 1.54) is 6.20 Å². The summed E-state index contributed by atoms with van der Waals surface area (Å²) in [6.07, 6.45) is 1.38. The normalized spacial score (nSPS) is 27.6. The molecule has 2 atom stereocenters. The van der Waals surface area contributed by atoms with E-state index in [0.29, 0.717) is 17.4 Å². The number of hydrogen-bond donors (Lipinski definition) is 1. The zero-order valence-corrected chi connectivity index (χ0v) is 12.1. The number of nitrogens with one attached hydrogen (secondary N) is 1. The summed E-state index contributed by atoms with van der Waals surface area (Å²) in [5, 5.41) is 14.3. The molecule has 0 aliphatic carbocycles. The lowest BCUT2D eigenvalue weighted by molar-refractivity contribution is -0.385. The third-order valence-corrected chi connectivity index (χ3v) is 4.90. The van der Waals surface area contributed by atoms with Crippen LogP contribution in [0.25, 0.3) is 0 Å². The second-order valence-electron chi connectivity index (χ2n) is 6.38. The molecule has 108 valence electrons. The van der Waals surface area contributed by atoms with E-state index in [4.69, 9.17) is 0 Å². The van der Waals surface area contributed by atoms with Gasteiger partial charge in [0.25, 0.3) is 5.69 Å². The Labute approximate surface area is 118 Å². The van der Waals surface area contributed by atoms with Gasteiger partial charge in [0.2, 0.25) is 0 Å². The van der Waals surface area contributed by atoms with E-state index < -0.39 is 0 Å². The highest BCUT2D eigenvalue weighted by Gasteiger charge is 2.50. The molecule has 1 aromatic rings. The topological polar surface area (TPSA) is 71.3 Å². The molecule has 3 rings (SSSR count). The lowest BCUT2D eigenvalue weighted by atomic mass is 9.85. The number of pyridine rings is 1. The molecular weight excluding hydrogens is 256 g/mol. The maximum Gasteiger partial charge on any atom is 0.290 e. The van der Waals surface area contributed by atoms with Crippen molar-refractivity contribution in [1.82, 2.24) is 10.3 Å². The number of aromatic nitrogens is 1. The minimum absolute atomic E-state index is 0.0315. The Bertz CT molecular complexity index is 558. The molecule has 20 heavy (non-hydrogen) atoms. The number of rotatable bonds is 2. The maximum atomic E-state index is 10.9. The smallest absolute Gasteiger partial charge is 0.290 e. The Balaban J connectivity index is 1.94. The van der Waals surface area contributed by atoms with E-state index in [-0.39, 0.29) is 16.1 Å². The molecule has 2 aliphatic rings. The molecule has 1 N–H and O–H groups in total. The highest BCUT2D eigenvalue weighted by molar-refractivity contribution is 5.51. The van der Waals surface area contributed by atoms with Crippen LogP contribution in [0.5, 0.6) is 0 Å². The predicted octanol–water partition coefficient (Wildman–Crippen LogP) is 1.73. The van der Waals surface area contributed by atoms with E-state index in [1.54, 1.807) is 6.92 Å². The Morgan fingerprint density at radius 3 is 2.85 bits per heavy atom. The first-order valence-electron chi connectivity index (χ1n) is 7.00. The molecule has 0 saturated carbocycles. The largest absolute Gasteiger partial charge is 0.351 e. The molecule has 0 spiro atoms.